The highest BCUT2D eigenvalue weighted by molar-refractivity contribution is 9.10. The van der Waals surface area contributed by atoms with Crippen LogP contribution in [0.3, 0.4) is 0 Å². The maximum atomic E-state index is 13.1. The Morgan fingerprint density at radius 3 is 2.62 bits per heavy atom. The van der Waals surface area contributed by atoms with Gasteiger partial charge in [0.15, 0.2) is 10.4 Å². The summed E-state index contributed by atoms with van der Waals surface area (Å²) in [5.74, 6) is 1.76. The first-order chi connectivity index (χ1) is 20.4. The molecule has 0 unspecified atom stereocenters. The number of thioether (sulfide) groups is 1. The maximum Gasteiger partial charge on any atom is 0.291 e. The molecule has 42 heavy (non-hydrogen) atoms. The number of fused-ring (bicyclic) bond motifs is 4. The van der Waals surface area contributed by atoms with Crippen LogP contribution < -0.4 is 21.1 Å². The van der Waals surface area contributed by atoms with Crippen molar-refractivity contribution < 1.29 is 14.0 Å². The molecule has 216 valence electrons. The molecule has 0 aliphatic carbocycles. The summed E-state index contributed by atoms with van der Waals surface area (Å²) in [6, 6.07) is 24.5. The summed E-state index contributed by atoms with van der Waals surface area (Å²) >= 11 is 5.02. The lowest BCUT2D eigenvalue weighted by Crippen LogP contribution is -2.47. The average Bonchev–Trinajstić information content (AvgIpc) is 3.44. The van der Waals surface area contributed by atoms with Crippen LogP contribution in [0.2, 0.25) is 0 Å². The molecule has 2 atom stereocenters. The summed E-state index contributed by atoms with van der Waals surface area (Å²) in [6.07, 6.45) is 1.02. The van der Waals surface area contributed by atoms with Gasteiger partial charge in [0.25, 0.3) is 17.4 Å². The third-order valence-electron chi connectivity index (χ3n) is 7.77. The van der Waals surface area contributed by atoms with Crippen molar-refractivity contribution in [2.24, 2.45) is 5.92 Å². The Balaban J connectivity index is 1.19. The number of carbonyl (C=O) groups excluding carboxylic acids is 2. The molecule has 0 saturated carbocycles. The van der Waals surface area contributed by atoms with Crippen molar-refractivity contribution in [2.45, 2.75) is 24.6 Å². The number of hydrogen-bond donors (Lipinski definition) is 2. The molecule has 8 nitrogen and oxygen atoms in total. The lowest BCUT2D eigenvalue weighted by atomic mass is 9.83. The molecule has 2 aromatic carbocycles. The van der Waals surface area contributed by atoms with Crippen LogP contribution in [0, 0.1) is 5.92 Å². The number of pyridine rings is 1. The first-order valence-corrected chi connectivity index (χ1v) is 15.9. The van der Waals surface area contributed by atoms with Crippen LogP contribution in [0.25, 0.3) is 0 Å². The fourth-order valence-corrected chi connectivity index (χ4v) is 7.00. The quantitative estimate of drug-likeness (QED) is 0.225. The molecule has 6 rings (SSSR count). The van der Waals surface area contributed by atoms with E-state index >= 15 is 0 Å². The summed E-state index contributed by atoms with van der Waals surface area (Å²) in [4.78, 5) is 41.0. The van der Waals surface area contributed by atoms with Crippen molar-refractivity contribution in [3.8, 4) is 0 Å². The topological polar surface area (TPSA) is 96.6 Å². The van der Waals surface area contributed by atoms with Gasteiger partial charge in [-0.25, -0.2) is 0 Å². The van der Waals surface area contributed by atoms with Crippen LogP contribution in [0.1, 0.15) is 44.5 Å². The van der Waals surface area contributed by atoms with Gasteiger partial charge in [0, 0.05) is 60.9 Å². The SMILES string of the molecule is O=C(NCCSCc1ccccc1)c1ccc(N2C[C@H]3C[C@@H](C2)c2cccc(=O)n2C3)c(NC(=O)c2ccc(Br)o2)c1. The van der Waals surface area contributed by atoms with Gasteiger partial charge in [-0.05, 0) is 70.2 Å². The number of benzene rings is 2. The van der Waals surface area contributed by atoms with Gasteiger partial charge in [0.05, 0.1) is 11.4 Å². The highest BCUT2D eigenvalue weighted by atomic mass is 79.9. The number of amides is 2. The predicted molar refractivity (Wildman–Crippen MR) is 170 cm³/mol. The van der Waals surface area contributed by atoms with Crippen molar-refractivity contribution in [1.82, 2.24) is 9.88 Å². The largest absolute Gasteiger partial charge is 0.444 e. The molecule has 1 fully saturated rings. The van der Waals surface area contributed by atoms with Gasteiger partial charge < -0.3 is 24.5 Å². The van der Waals surface area contributed by atoms with Gasteiger partial charge in [-0.1, -0.05) is 36.4 Å². The van der Waals surface area contributed by atoms with E-state index in [9.17, 15) is 14.4 Å². The number of carbonyl (C=O) groups is 2. The van der Waals surface area contributed by atoms with E-state index in [1.54, 1.807) is 36.0 Å². The number of rotatable bonds is 9. The summed E-state index contributed by atoms with van der Waals surface area (Å²) in [5, 5.41) is 5.99. The Morgan fingerprint density at radius 2 is 1.81 bits per heavy atom. The van der Waals surface area contributed by atoms with E-state index in [-0.39, 0.29) is 23.1 Å². The van der Waals surface area contributed by atoms with Gasteiger partial charge in [0.2, 0.25) is 0 Å². The highest BCUT2D eigenvalue weighted by Crippen LogP contribution is 2.39. The van der Waals surface area contributed by atoms with Gasteiger partial charge in [0.1, 0.15) is 0 Å². The number of anilines is 2. The van der Waals surface area contributed by atoms with Crippen molar-refractivity contribution >= 4 is 50.9 Å². The zero-order valence-corrected chi connectivity index (χ0v) is 25.3. The molecule has 1 saturated heterocycles. The average molecular weight is 648 g/mol. The van der Waals surface area contributed by atoms with Crippen molar-refractivity contribution in [3.05, 3.63) is 116 Å². The highest BCUT2D eigenvalue weighted by Gasteiger charge is 2.35. The molecule has 2 aromatic heterocycles. The summed E-state index contributed by atoms with van der Waals surface area (Å²) < 4.78 is 7.84. The van der Waals surface area contributed by atoms with Gasteiger partial charge in [-0.15, -0.1) is 0 Å². The molecule has 2 bridgehead atoms. The van der Waals surface area contributed by atoms with Crippen LogP contribution in [0.15, 0.2) is 92.7 Å². The fraction of sp³-hybridized carbons (Fsp3) is 0.281. The normalized spacial score (nSPS) is 17.4. The maximum absolute atomic E-state index is 13.1. The van der Waals surface area contributed by atoms with E-state index in [0.29, 0.717) is 41.5 Å². The minimum atomic E-state index is -0.397. The standard InChI is InChI=1S/C32H31BrN4O4S/c33-29-12-11-28(41-29)32(40)35-25-16-23(31(39)34-13-14-42-20-21-5-2-1-3-6-21)9-10-27(25)36-17-22-15-24(19-36)26-7-4-8-30(38)37(26)18-22/h1-12,16,22,24H,13-15,17-20H2,(H,34,39)(H,35,40)/t22-,24+/m1/s1. The second-order valence-corrected chi connectivity index (χ2v) is 12.6. The van der Waals surface area contributed by atoms with Crippen molar-refractivity contribution in [1.29, 1.82) is 0 Å². The van der Waals surface area contributed by atoms with Gasteiger partial charge in [-0.2, -0.15) is 11.8 Å². The van der Waals surface area contributed by atoms with Crippen LogP contribution in [-0.4, -0.2) is 41.8 Å². The third kappa shape index (κ3) is 6.34. The molecule has 2 aliphatic heterocycles. The number of hydrogen-bond acceptors (Lipinski definition) is 6. The molecule has 10 heteroatoms. The molecule has 0 radical (unpaired) electrons. The first kappa shape index (κ1) is 28.4. The molecule has 4 heterocycles. The second-order valence-electron chi connectivity index (χ2n) is 10.7. The van der Waals surface area contributed by atoms with Crippen LogP contribution in [-0.2, 0) is 12.3 Å². The third-order valence-corrected chi connectivity index (χ3v) is 9.22. The zero-order chi connectivity index (χ0) is 29.1. The van der Waals surface area contributed by atoms with Crippen molar-refractivity contribution in [3.63, 3.8) is 0 Å². The number of nitrogens with zero attached hydrogens (tertiary/aromatic N) is 2. The Morgan fingerprint density at radius 1 is 0.952 bits per heavy atom. The molecule has 0 spiro atoms. The van der Waals surface area contributed by atoms with Crippen LogP contribution >= 0.6 is 27.7 Å². The monoisotopic (exact) mass is 646 g/mol. The van der Waals surface area contributed by atoms with E-state index in [4.69, 9.17) is 4.42 Å². The predicted octanol–water partition coefficient (Wildman–Crippen LogP) is 5.74. The summed E-state index contributed by atoms with van der Waals surface area (Å²) in [7, 11) is 0. The number of halogens is 1. The Kier molecular flexibility index (Phi) is 8.53. The Hall–Kier alpha value is -3.76. The van der Waals surface area contributed by atoms with Crippen LogP contribution in [0.4, 0.5) is 11.4 Å². The van der Waals surface area contributed by atoms with E-state index in [1.165, 1.54) is 5.56 Å². The van der Waals surface area contributed by atoms with Gasteiger partial charge >= 0.3 is 0 Å². The minimum absolute atomic E-state index is 0.0436. The molecule has 2 N–H and O–H groups in total. The number of piperidine rings is 1. The second kappa shape index (κ2) is 12.6. The Bertz CT molecular complexity index is 1650. The number of furan rings is 1. The van der Waals surface area contributed by atoms with E-state index in [1.807, 2.05) is 47.0 Å². The first-order valence-electron chi connectivity index (χ1n) is 14.0. The minimum Gasteiger partial charge on any atom is -0.444 e. The summed E-state index contributed by atoms with van der Waals surface area (Å²) in [6.45, 7) is 2.66. The molecule has 2 amide bonds. The fourth-order valence-electron chi connectivity index (χ4n) is 5.87. The van der Waals surface area contributed by atoms with Gasteiger partial charge in [-0.3, -0.25) is 14.4 Å². The molecular weight excluding hydrogens is 616 g/mol. The van der Waals surface area contributed by atoms with Crippen LogP contribution in [0.5, 0.6) is 0 Å². The molecule has 2 aliphatic rings. The lowest BCUT2D eigenvalue weighted by Gasteiger charge is -2.44. The van der Waals surface area contributed by atoms with E-state index in [2.05, 4.69) is 43.6 Å². The lowest BCUT2D eigenvalue weighted by molar-refractivity contribution is 0.0954. The van der Waals surface area contributed by atoms with E-state index in [0.717, 1.165) is 35.9 Å². The smallest absolute Gasteiger partial charge is 0.291 e. The number of aromatic nitrogens is 1. The number of nitrogens with one attached hydrogen (secondary N) is 2. The molecule has 4 aromatic rings. The van der Waals surface area contributed by atoms with E-state index < -0.39 is 5.91 Å². The molecular formula is C32H31BrN4O4S. The summed E-state index contributed by atoms with van der Waals surface area (Å²) in [5.41, 5.74) is 4.20. The van der Waals surface area contributed by atoms with Crippen molar-refractivity contribution in [2.75, 3.05) is 35.6 Å². The Labute approximate surface area is 256 Å². The zero-order valence-electron chi connectivity index (χ0n) is 22.9.